The number of amides is 1. The van der Waals surface area contributed by atoms with Gasteiger partial charge in [0.05, 0.1) is 10.5 Å². The van der Waals surface area contributed by atoms with Crippen molar-refractivity contribution in [3.63, 3.8) is 0 Å². The molecule has 0 radical (unpaired) electrons. The first-order valence-electron chi connectivity index (χ1n) is 16.1. The maximum absolute atomic E-state index is 12.3. The van der Waals surface area contributed by atoms with Crippen molar-refractivity contribution in [2.24, 2.45) is 17.2 Å². The van der Waals surface area contributed by atoms with E-state index in [0.717, 1.165) is 88.6 Å². The molecule has 1 amide bonds. The van der Waals surface area contributed by atoms with E-state index >= 15 is 0 Å². The summed E-state index contributed by atoms with van der Waals surface area (Å²) in [6, 6.07) is 3.96. The van der Waals surface area contributed by atoms with Gasteiger partial charge in [-0.3, -0.25) is 19.3 Å². The van der Waals surface area contributed by atoms with Gasteiger partial charge >= 0.3 is 0 Å². The minimum atomic E-state index is -0.0223. The van der Waals surface area contributed by atoms with Gasteiger partial charge in [0.25, 0.3) is 0 Å². The predicted octanol–water partition coefficient (Wildman–Crippen LogP) is 6.87. The topological polar surface area (TPSA) is 121 Å². The maximum atomic E-state index is 12.3. The molecule has 0 saturated carbocycles. The van der Waals surface area contributed by atoms with Gasteiger partial charge in [0.2, 0.25) is 5.91 Å². The number of unbranched alkanes of at least 4 members (excludes halogenated alkanes) is 3. The Morgan fingerprint density at radius 1 is 1.05 bits per heavy atom. The SMILES string of the molecule is CC(C)(C)Cc1c(SC(C)(C)C)[nH]c2c(CN3CCC(CCNC(=O)CCCCCCC(=O)CON)CC3)c(O)ccc12. The van der Waals surface area contributed by atoms with Crippen LogP contribution in [-0.4, -0.2) is 57.7 Å². The standard InChI is InChI=1S/C34H56N4O4S/c1-33(2,3)21-27-26-13-14-29(40)28(31(26)37-32(27)43-34(4,5)6)22-38-19-16-24(17-20-38)15-18-36-30(41)12-10-8-7-9-11-25(39)23-42-35/h13-14,24,37,40H,7-12,15-23,35H2,1-6H3,(H,36,41). The van der Waals surface area contributed by atoms with E-state index in [9.17, 15) is 14.7 Å². The van der Waals surface area contributed by atoms with Crippen LogP contribution in [0.1, 0.15) is 110 Å². The number of thioether (sulfide) groups is 1. The molecule has 0 atom stereocenters. The van der Waals surface area contributed by atoms with E-state index in [1.54, 1.807) is 0 Å². The average Bonchev–Trinajstić information content (AvgIpc) is 3.22. The zero-order chi connectivity index (χ0) is 31.6. The molecule has 1 aliphatic heterocycles. The number of ketones is 1. The lowest BCUT2D eigenvalue weighted by atomic mass is 9.88. The van der Waals surface area contributed by atoms with Crippen LogP contribution >= 0.6 is 11.8 Å². The normalized spacial score (nSPS) is 15.3. The Hall–Kier alpha value is -2.07. The monoisotopic (exact) mass is 616 g/mol. The number of Topliss-reactive ketones (excluding diaryl/α,β-unsaturated/α-hetero) is 1. The number of aromatic hydroxyl groups is 1. The largest absolute Gasteiger partial charge is 0.508 e. The number of aromatic nitrogens is 1. The molecule has 0 unspecified atom stereocenters. The minimum absolute atomic E-state index is 0.0223. The summed E-state index contributed by atoms with van der Waals surface area (Å²) in [5.74, 6) is 6.03. The van der Waals surface area contributed by atoms with Crippen LogP contribution in [0.2, 0.25) is 0 Å². The fourth-order valence-corrected chi connectivity index (χ4v) is 6.96. The Bertz CT molecular complexity index is 1190. The molecule has 242 valence electrons. The number of piperidine rings is 1. The van der Waals surface area contributed by atoms with Gasteiger partial charge in [0, 0.05) is 41.6 Å². The lowest BCUT2D eigenvalue weighted by Gasteiger charge is -2.32. The van der Waals surface area contributed by atoms with Crippen LogP contribution in [0.15, 0.2) is 17.2 Å². The molecule has 1 aliphatic rings. The smallest absolute Gasteiger partial charge is 0.219 e. The van der Waals surface area contributed by atoms with Crippen molar-refractivity contribution >= 4 is 34.4 Å². The number of nitrogens with zero attached hydrogens (tertiary/aromatic N) is 1. The quantitative estimate of drug-likeness (QED) is 0.0923. The molecule has 0 spiro atoms. The summed E-state index contributed by atoms with van der Waals surface area (Å²) in [5.41, 5.74) is 3.58. The predicted molar refractivity (Wildman–Crippen MR) is 177 cm³/mol. The van der Waals surface area contributed by atoms with E-state index in [4.69, 9.17) is 5.90 Å². The highest BCUT2D eigenvalue weighted by atomic mass is 32.2. The number of hydrogen-bond donors (Lipinski definition) is 4. The molecule has 8 nitrogen and oxygen atoms in total. The first-order valence-corrected chi connectivity index (χ1v) is 16.9. The second-order valence-electron chi connectivity index (χ2n) is 14.5. The van der Waals surface area contributed by atoms with Gasteiger partial charge < -0.3 is 15.4 Å². The highest BCUT2D eigenvalue weighted by molar-refractivity contribution is 8.00. The van der Waals surface area contributed by atoms with Crippen LogP contribution in [0.4, 0.5) is 0 Å². The van der Waals surface area contributed by atoms with Gasteiger partial charge in [-0.1, -0.05) is 54.4 Å². The molecule has 3 rings (SSSR count). The summed E-state index contributed by atoms with van der Waals surface area (Å²) in [6.07, 6.45) is 8.77. The summed E-state index contributed by atoms with van der Waals surface area (Å²) in [4.78, 5) is 34.2. The van der Waals surface area contributed by atoms with E-state index in [1.165, 1.54) is 16.0 Å². The number of likely N-dealkylation sites (tertiary alicyclic amines) is 1. The molecule has 2 heterocycles. The van der Waals surface area contributed by atoms with Crippen molar-refractivity contribution in [1.29, 1.82) is 0 Å². The molecule has 5 N–H and O–H groups in total. The Morgan fingerprint density at radius 2 is 1.72 bits per heavy atom. The van der Waals surface area contributed by atoms with E-state index in [-0.39, 0.29) is 28.5 Å². The van der Waals surface area contributed by atoms with Gasteiger partial charge in [0.15, 0.2) is 5.78 Å². The van der Waals surface area contributed by atoms with Crippen molar-refractivity contribution < 1.29 is 19.5 Å². The molecule has 2 aromatic rings. The van der Waals surface area contributed by atoms with Crippen LogP contribution in [0.3, 0.4) is 0 Å². The number of hydrogen-bond acceptors (Lipinski definition) is 7. The highest BCUT2D eigenvalue weighted by Crippen LogP contribution is 2.42. The van der Waals surface area contributed by atoms with Gasteiger partial charge in [0.1, 0.15) is 12.4 Å². The molecule has 43 heavy (non-hydrogen) atoms. The zero-order valence-electron chi connectivity index (χ0n) is 27.4. The third-order valence-corrected chi connectivity index (χ3v) is 9.22. The number of carbonyl (C=O) groups excluding carboxylic acids is 2. The molecular formula is C34H56N4O4S. The zero-order valence-corrected chi connectivity index (χ0v) is 28.3. The Labute approximate surface area is 263 Å². The molecule has 0 aliphatic carbocycles. The second-order valence-corrected chi connectivity index (χ2v) is 16.3. The number of phenolic OH excluding ortho intramolecular Hbond substituents is 1. The van der Waals surface area contributed by atoms with Gasteiger partial charge in [-0.25, -0.2) is 5.90 Å². The molecule has 9 heteroatoms. The van der Waals surface area contributed by atoms with Crippen LogP contribution in [0.25, 0.3) is 10.9 Å². The van der Waals surface area contributed by atoms with Gasteiger partial charge in [-0.15, -0.1) is 11.8 Å². The van der Waals surface area contributed by atoms with Crippen LogP contribution in [-0.2, 0) is 27.4 Å². The van der Waals surface area contributed by atoms with Crippen LogP contribution < -0.4 is 11.2 Å². The van der Waals surface area contributed by atoms with Crippen LogP contribution in [0, 0.1) is 11.3 Å². The molecule has 1 aromatic heterocycles. The Balaban J connectivity index is 1.46. The number of phenols is 1. The summed E-state index contributed by atoms with van der Waals surface area (Å²) < 4.78 is 0.0839. The van der Waals surface area contributed by atoms with E-state index in [2.05, 4.69) is 67.6 Å². The van der Waals surface area contributed by atoms with E-state index in [0.29, 0.717) is 24.5 Å². The third-order valence-electron chi connectivity index (χ3n) is 8.06. The van der Waals surface area contributed by atoms with Crippen molar-refractivity contribution in [3.05, 3.63) is 23.3 Å². The number of fused-ring (bicyclic) bond motifs is 1. The van der Waals surface area contributed by atoms with Crippen molar-refractivity contribution in [2.45, 2.75) is 122 Å². The van der Waals surface area contributed by atoms with Crippen molar-refractivity contribution in [3.8, 4) is 5.75 Å². The molecule has 1 aromatic carbocycles. The number of benzene rings is 1. The molecule has 0 bridgehead atoms. The number of nitrogens with one attached hydrogen (secondary N) is 2. The fourth-order valence-electron chi connectivity index (χ4n) is 5.89. The van der Waals surface area contributed by atoms with Gasteiger partial charge in [-0.2, -0.15) is 0 Å². The lowest BCUT2D eigenvalue weighted by molar-refractivity contribution is -0.124. The second kappa shape index (κ2) is 16.3. The summed E-state index contributed by atoms with van der Waals surface area (Å²) in [5, 5.41) is 16.5. The van der Waals surface area contributed by atoms with Crippen molar-refractivity contribution in [1.82, 2.24) is 15.2 Å². The van der Waals surface area contributed by atoms with E-state index in [1.807, 2.05) is 17.8 Å². The molecule has 1 saturated heterocycles. The fraction of sp³-hybridized carbons (Fsp3) is 0.706. The number of nitrogens with two attached hydrogens (primary N) is 1. The number of carbonyl (C=O) groups is 2. The third kappa shape index (κ3) is 12.1. The number of aromatic amines is 1. The lowest BCUT2D eigenvalue weighted by Crippen LogP contribution is -2.35. The van der Waals surface area contributed by atoms with Crippen molar-refractivity contribution in [2.75, 3.05) is 26.2 Å². The summed E-state index contributed by atoms with van der Waals surface area (Å²) in [7, 11) is 0. The average molecular weight is 617 g/mol. The van der Waals surface area contributed by atoms with E-state index < -0.39 is 0 Å². The van der Waals surface area contributed by atoms with Crippen LogP contribution in [0.5, 0.6) is 5.75 Å². The molecule has 1 fully saturated rings. The number of H-pyrrole nitrogens is 1. The highest BCUT2D eigenvalue weighted by Gasteiger charge is 2.26. The summed E-state index contributed by atoms with van der Waals surface area (Å²) in [6.45, 7) is 17.0. The number of rotatable bonds is 16. The minimum Gasteiger partial charge on any atom is -0.508 e. The first-order chi connectivity index (χ1) is 20.3. The Kier molecular flexibility index (Phi) is 13.4. The van der Waals surface area contributed by atoms with Gasteiger partial charge in [-0.05, 0) is 80.6 Å². The molecular weight excluding hydrogens is 560 g/mol. The maximum Gasteiger partial charge on any atom is 0.219 e. The summed E-state index contributed by atoms with van der Waals surface area (Å²) >= 11 is 1.87. The first kappa shape index (κ1) is 35.4. The Morgan fingerprint density at radius 3 is 2.35 bits per heavy atom.